The van der Waals surface area contributed by atoms with E-state index in [2.05, 4.69) is 25.8 Å². The highest BCUT2D eigenvalue weighted by Gasteiger charge is 2.60. The summed E-state index contributed by atoms with van der Waals surface area (Å²) in [7, 11) is 0. The number of fused-ring (bicyclic) bond motifs is 3. The van der Waals surface area contributed by atoms with E-state index in [4.69, 9.17) is 19.3 Å². The van der Waals surface area contributed by atoms with Gasteiger partial charge in [-0.2, -0.15) is 0 Å². The van der Waals surface area contributed by atoms with E-state index in [-0.39, 0.29) is 28.9 Å². The van der Waals surface area contributed by atoms with Crippen LogP contribution < -0.4 is 4.74 Å². The molecule has 0 bridgehead atoms. The van der Waals surface area contributed by atoms with Crippen molar-refractivity contribution < 1.29 is 24.1 Å². The Bertz CT molecular complexity index is 785. The normalized spacial score (nSPS) is 40.9. The zero-order valence-corrected chi connectivity index (χ0v) is 18.6. The first kappa shape index (κ1) is 21.6. The summed E-state index contributed by atoms with van der Waals surface area (Å²) in [5.41, 5.74) is 0.327. The molecule has 4 rings (SSSR count). The second kappa shape index (κ2) is 8.12. The summed E-state index contributed by atoms with van der Waals surface area (Å²) < 4.78 is 18.2. The van der Waals surface area contributed by atoms with Crippen LogP contribution in [0.25, 0.3) is 0 Å². The van der Waals surface area contributed by atoms with Crippen molar-refractivity contribution in [1.82, 2.24) is 4.98 Å². The Morgan fingerprint density at radius 3 is 2.83 bits per heavy atom. The molecule has 1 aliphatic heterocycles. The molecule has 0 aromatic carbocycles. The quantitative estimate of drug-likeness (QED) is 0.743. The van der Waals surface area contributed by atoms with Gasteiger partial charge in [0.1, 0.15) is 5.75 Å². The lowest BCUT2D eigenvalue weighted by molar-refractivity contribution is -0.301. The van der Waals surface area contributed by atoms with Crippen molar-refractivity contribution in [3.05, 3.63) is 24.0 Å². The third-order valence-electron chi connectivity index (χ3n) is 8.35. The molecule has 0 spiro atoms. The maximum atomic E-state index is 11.1. The van der Waals surface area contributed by atoms with Crippen LogP contribution in [0.2, 0.25) is 0 Å². The largest absolute Gasteiger partial charge is 0.493 e. The number of rotatable bonds is 5. The van der Waals surface area contributed by atoms with E-state index in [1.54, 1.807) is 6.07 Å². The molecule has 0 radical (unpaired) electrons. The number of hydrogen-bond acceptors (Lipinski definition) is 5. The molecule has 2 saturated carbocycles. The predicted molar refractivity (Wildman–Crippen MR) is 112 cm³/mol. The smallest absolute Gasteiger partial charge is 0.354 e. The lowest BCUT2D eigenvalue weighted by Crippen LogP contribution is -2.61. The van der Waals surface area contributed by atoms with Crippen molar-refractivity contribution in [2.75, 3.05) is 13.2 Å². The van der Waals surface area contributed by atoms with Crippen molar-refractivity contribution in [2.45, 2.75) is 72.2 Å². The van der Waals surface area contributed by atoms with E-state index in [9.17, 15) is 4.79 Å². The number of aromatic carboxylic acids is 1. The first-order chi connectivity index (χ1) is 14.2. The van der Waals surface area contributed by atoms with Gasteiger partial charge in [-0.1, -0.05) is 27.2 Å². The molecule has 0 amide bonds. The fraction of sp³-hybridized carbons (Fsp3) is 0.750. The molecule has 1 aromatic heterocycles. The van der Waals surface area contributed by atoms with E-state index in [0.29, 0.717) is 30.1 Å². The minimum atomic E-state index is -1.03. The zero-order valence-electron chi connectivity index (χ0n) is 18.6. The van der Waals surface area contributed by atoms with Crippen LogP contribution in [0.15, 0.2) is 18.3 Å². The van der Waals surface area contributed by atoms with Crippen molar-refractivity contribution in [3.8, 4) is 5.75 Å². The average Bonchev–Trinajstić information content (AvgIpc) is 2.71. The zero-order chi connectivity index (χ0) is 21.5. The van der Waals surface area contributed by atoms with E-state index >= 15 is 0 Å². The molecule has 7 atom stereocenters. The lowest BCUT2D eigenvalue weighted by atomic mass is 9.45. The first-order valence-corrected chi connectivity index (χ1v) is 11.3. The second-order valence-electron chi connectivity index (χ2n) is 10.1. The Kier molecular flexibility index (Phi) is 5.84. The van der Waals surface area contributed by atoms with Gasteiger partial charge in [0.15, 0.2) is 12.0 Å². The van der Waals surface area contributed by atoms with Gasteiger partial charge < -0.3 is 19.3 Å². The molecule has 30 heavy (non-hydrogen) atoms. The summed E-state index contributed by atoms with van der Waals surface area (Å²) in [4.78, 5) is 15.0. The van der Waals surface area contributed by atoms with Crippen LogP contribution in [-0.2, 0) is 9.47 Å². The van der Waals surface area contributed by atoms with Crippen LogP contribution in [0.1, 0.15) is 70.3 Å². The maximum Gasteiger partial charge on any atom is 0.354 e. The molecule has 1 N–H and O–H groups in total. The Labute approximate surface area is 179 Å². The van der Waals surface area contributed by atoms with Crippen molar-refractivity contribution in [1.29, 1.82) is 0 Å². The molecule has 2 aliphatic carbocycles. The van der Waals surface area contributed by atoms with Crippen LogP contribution in [0.3, 0.4) is 0 Å². The van der Waals surface area contributed by atoms with Crippen molar-refractivity contribution in [2.24, 2.45) is 28.6 Å². The van der Waals surface area contributed by atoms with E-state index in [0.717, 1.165) is 19.4 Å². The first-order valence-electron chi connectivity index (χ1n) is 11.3. The topological polar surface area (TPSA) is 77.9 Å². The molecule has 6 heteroatoms. The van der Waals surface area contributed by atoms with Crippen LogP contribution in [0.5, 0.6) is 5.75 Å². The van der Waals surface area contributed by atoms with Gasteiger partial charge in [0.2, 0.25) is 0 Å². The van der Waals surface area contributed by atoms with Gasteiger partial charge >= 0.3 is 5.97 Å². The number of hydrogen-bond donors (Lipinski definition) is 1. The number of nitrogens with zero attached hydrogens (tertiary/aromatic N) is 1. The third kappa shape index (κ3) is 3.73. The lowest BCUT2D eigenvalue weighted by Gasteiger charge is -2.63. The fourth-order valence-electron chi connectivity index (χ4n) is 6.83. The summed E-state index contributed by atoms with van der Waals surface area (Å²) in [6.45, 7) is 10.6. The van der Waals surface area contributed by atoms with E-state index < -0.39 is 5.97 Å². The summed E-state index contributed by atoms with van der Waals surface area (Å²) in [5.74, 6) is 1.33. The van der Waals surface area contributed by atoms with Gasteiger partial charge in [0.05, 0.1) is 19.3 Å². The predicted octanol–water partition coefficient (Wildman–Crippen LogP) is 4.78. The molecule has 3 aliphatic rings. The molecule has 166 valence electrons. The molecule has 3 fully saturated rings. The molecule has 1 saturated heterocycles. The van der Waals surface area contributed by atoms with Crippen LogP contribution in [0, 0.1) is 28.6 Å². The number of carboxylic acid groups (broad SMARTS) is 1. The van der Waals surface area contributed by atoms with Crippen LogP contribution >= 0.6 is 0 Å². The summed E-state index contributed by atoms with van der Waals surface area (Å²) in [5, 5.41) is 9.13. The van der Waals surface area contributed by atoms with Gasteiger partial charge in [0, 0.05) is 17.7 Å². The van der Waals surface area contributed by atoms with Crippen molar-refractivity contribution in [3.63, 3.8) is 0 Å². The molecule has 6 nitrogen and oxygen atoms in total. The average molecular weight is 418 g/mol. The van der Waals surface area contributed by atoms with Gasteiger partial charge in [-0.15, -0.1) is 0 Å². The SMILES string of the molecule is CC1CCC2[C@]3(C)CO[C@@H](C)O[C@@H]3CC[C@@]2(C)[C@@H]1CCOc1ccnc(C(=O)O)c1. The fourth-order valence-corrected chi connectivity index (χ4v) is 6.83. The summed E-state index contributed by atoms with van der Waals surface area (Å²) >= 11 is 0. The minimum Gasteiger partial charge on any atom is -0.493 e. The molecule has 2 heterocycles. The highest BCUT2D eigenvalue weighted by Crippen LogP contribution is 2.63. The van der Waals surface area contributed by atoms with E-state index in [1.807, 2.05) is 6.92 Å². The van der Waals surface area contributed by atoms with Crippen LogP contribution in [0.4, 0.5) is 0 Å². The number of carbonyl (C=O) groups is 1. The molecular weight excluding hydrogens is 382 g/mol. The standard InChI is InChI=1S/C24H35NO5/c1-15-5-6-20-23(3,10-7-21-24(20,4)14-29-16(2)30-21)18(15)9-12-28-17-8-11-25-19(13-17)22(26)27/h8,11,13,15-16,18,20-21H,5-7,9-10,12,14H2,1-4H3,(H,26,27)/t15?,16-,18-,20?,21-,23+,24+/m1/s1. The number of pyridine rings is 1. The Morgan fingerprint density at radius 2 is 2.07 bits per heavy atom. The maximum absolute atomic E-state index is 11.1. The Balaban J connectivity index is 1.47. The van der Waals surface area contributed by atoms with Crippen LogP contribution in [-0.4, -0.2) is 41.7 Å². The Morgan fingerprint density at radius 1 is 1.27 bits per heavy atom. The Hall–Kier alpha value is -1.66. The second-order valence-corrected chi connectivity index (χ2v) is 10.1. The van der Waals surface area contributed by atoms with Crippen molar-refractivity contribution >= 4 is 5.97 Å². The van der Waals surface area contributed by atoms with Gasteiger partial charge in [0.25, 0.3) is 0 Å². The third-order valence-corrected chi connectivity index (χ3v) is 8.35. The molecule has 1 aromatic rings. The monoisotopic (exact) mass is 417 g/mol. The van der Waals surface area contributed by atoms with E-state index in [1.165, 1.54) is 31.5 Å². The molecule has 2 unspecified atom stereocenters. The highest BCUT2D eigenvalue weighted by molar-refractivity contribution is 5.85. The summed E-state index contributed by atoms with van der Waals surface area (Å²) in [6.07, 6.45) is 7.37. The number of carboxylic acids is 1. The number of aromatic nitrogens is 1. The highest BCUT2D eigenvalue weighted by atomic mass is 16.7. The minimum absolute atomic E-state index is 0.0170. The van der Waals surface area contributed by atoms with Gasteiger partial charge in [-0.25, -0.2) is 9.78 Å². The number of ether oxygens (including phenoxy) is 3. The summed E-state index contributed by atoms with van der Waals surface area (Å²) in [6, 6.07) is 3.23. The molecular formula is C24H35NO5. The van der Waals surface area contributed by atoms with Gasteiger partial charge in [-0.05, 0) is 61.8 Å². The van der Waals surface area contributed by atoms with Gasteiger partial charge in [-0.3, -0.25) is 0 Å².